The SMILES string of the molecule is COc1cc(NC(C)=O)c(Cl)cc1C(=O)OCc1ccc(C(=O)Oc2ccccc2)cc1. The molecule has 0 radical (unpaired) electrons. The zero-order valence-electron chi connectivity index (χ0n) is 17.4. The van der Waals surface area contributed by atoms with Crippen molar-refractivity contribution in [3.8, 4) is 11.5 Å². The molecule has 0 aliphatic rings. The van der Waals surface area contributed by atoms with Crippen molar-refractivity contribution in [1.82, 2.24) is 0 Å². The summed E-state index contributed by atoms with van der Waals surface area (Å²) in [6, 6.07) is 18.1. The number of para-hydroxylation sites is 1. The van der Waals surface area contributed by atoms with Gasteiger partial charge in [-0.05, 0) is 35.9 Å². The largest absolute Gasteiger partial charge is 0.496 e. The van der Waals surface area contributed by atoms with Crippen LogP contribution in [0.2, 0.25) is 5.02 Å². The standard InChI is InChI=1S/C24H20ClNO6/c1-15(27)26-21-13-22(30-2)19(12-20(21)25)24(29)31-14-16-8-10-17(11-9-16)23(28)32-18-6-4-3-5-7-18/h3-13H,14H2,1-2H3,(H,26,27). The topological polar surface area (TPSA) is 90.9 Å². The Balaban J connectivity index is 1.64. The minimum Gasteiger partial charge on any atom is -0.496 e. The summed E-state index contributed by atoms with van der Waals surface area (Å²) >= 11 is 6.15. The number of nitrogens with one attached hydrogen (secondary N) is 1. The van der Waals surface area contributed by atoms with Crippen molar-refractivity contribution < 1.29 is 28.6 Å². The van der Waals surface area contributed by atoms with Gasteiger partial charge in [0.25, 0.3) is 0 Å². The monoisotopic (exact) mass is 453 g/mol. The Labute approximate surface area is 189 Å². The summed E-state index contributed by atoms with van der Waals surface area (Å²) in [6.45, 7) is 1.32. The van der Waals surface area contributed by atoms with Gasteiger partial charge in [0.05, 0.1) is 23.4 Å². The van der Waals surface area contributed by atoms with Gasteiger partial charge in [0, 0.05) is 13.0 Å². The van der Waals surface area contributed by atoms with E-state index >= 15 is 0 Å². The summed E-state index contributed by atoms with van der Waals surface area (Å²) in [5.41, 5.74) is 1.49. The average molecular weight is 454 g/mol. The molecule has 0 aliphatic heterocycles. The lowest BCUT2D eigenvalue weighted by Gasteiger charge is -2.13. The predicted octanol–water partition coefficient (Wildman–Crippen LogP) is 4.88. The maximum absolute atomic E-state index is 12.5. The Hall–Kier alpha value is -3.84. The Bertz CT molecular complexity index is 1130. The molecule has 0 atom stereocenters. The molecule has 7 nitrogen and oxygen atoms in total. The van der Waals surface area contributed by atoms with Gasteiger partial charge in [0.1, 0.15) is 23.7 Å². The van der Waals surface area contributed by atoms with E-state index in [9.17, 15) is 14.4 Å². The zero-order chi connectivity index (χ0) is 23.1. The van der Waals surface area contributed by atoms with E-state index in [-0.39, 0.29) is 28.8 Å². The van der Waals surface area contributed by atoms with E-state index in [0.717, 1.165) is 0 Å². The Morgan fingerprint density at radius 3 is 2.25 bits per heavy atom. The fraction of sp³-hybridized carbons (Fsp3) is 0.125. The van der Waals surface area contributed by atoms with Crippen LogP contribution < -0.4 is 14.8 Å². The molecule has 32 heavy (non-hydrogen) atoms. The fourth-order valence-electron chi connectivity index (χ4n) is 2.79. The number of hydrogen-bond donors (Lipinski definition) is 1. The first kappa shape index (κ1) is 22.8. The molecule has 8 heteroatoms. The third-order valence-electron chi connectivity index (χ3n) is 4.33. The minimum atomic E-state index is -0.648. The molecular weight excluding hydrogens is 434 g/mol. The van der Waals surface area contributed by atoms with Crippen LogP contribution in [0.25, 0.3) is 0 Å². The number of anilines is 1. The molecular formula is C24H20ClNO6. The highest BCUT2D eigenvalue weighted by molar-refractivity contribution is 6.34. The van der Waals surface area contributed by atoms with Gasteiger partial charge in [0.15, 0.2) is 0 Å². The lowest BCUT2D eigenvalue weighted by atomic mass is 10.1. The van der Waals surface area contributed by atoms with Crippen LogP contribution in [0, 0.1) is 0 Å². The summed E-state index contributed by atoms with van der Waals surface area (Å²) in [5, 5.41) is 2.74. The van der Waals surface area contributed by atoms with E-state index in [4.69, 9.17) is 25.8 Å². The first-order chi connectivity index (χ1) is 15.4. The number of carbonyl (C=O) groups is 3. The molecule has 0 saturated carbocycles. The number of esters is 2. The van der Waals surface area contributed by atoms with Gasteiger partial charge in [-0.15, -0.1) is 0 Å². The molecule has 3 aromatic rings. The molecule has 0 unspecified atom stereocenters. The van der Waals surface area contributed by atoms with E-state index in [0.29, 0.717) is 22.6 Å². The molecule has 0 aliphatic carbocycles. The van der Waals surface area contributed by atoms with E-state index in [2.05, 4.69) is 5.32 Å². The van der Waals surface area contributed by atoms with E-state index < -0.39 is 11.9 Å². The number of ether oxygens (including phenoxy) is 3. The smallest absolute Gasteiger partial charge is 0.343 e. The van der Waals surface area contributed by atoms with Crippen LogP contribution in [0.4, 0.5) is 5.69 Å². The molecule has 0 heterocycles. The highest BCUT2D eigenvalue weighted by atomic mass is 35.5. The fourth-order valence-corrected chi connectivity index (χ4v) is 3.00. The number of rotatable bonds is 7. The maximum Gasteiger partial charge on any atom is 0.343 e. The summed E-state index contributed by atoms with van der Waals surface area (Å²) in [6.07, 6.45) is 0. The minimum absolute atomic E-state index is 0.0267. The summed E-state index contributed by atoms with van der Waals surface area (Å²) in [4.78, 5) is 36.0. The maximum atomic E-state index is 12.5. The lowest BCUT2D eigenvalue weighted by molar-refractivity contribution is -0.114. The van der Waals surface area contributed by atoms with Crippen molar-refractivity contribution in [2.24, 2.45) is 0 Å². The molecule has 1 N–H and O–H groups in total. The van der Waals surface area contributed by atoms with Crippen molar-refractivity contribution in [3.05, 3.63) is 88.4 Å². The van der Waals surface area contributed by atoms with Crippen LogP contribution >= 0.6 is 11.6 Å². The van der Waals surface area contributed by atoms with E-state index in [1.807, 2.05) is 6.07 Å². The molecule has 0 fully saturated rings. The highest BCUT2D eigenvalue weighted by Gasteiger charge is 2.18. The van der Waals surface area contributed by atoms with Crippen molar-refractivity contribution in [2.75, 3.05) is 12.4 Å². The predicted molar refractivity (Wildman–Crippen MR) is 119 cm³/mol. The van der Waals surface area contributed by atoms with E-state index in [1.54, 1.807) is 48.5 Å². The lowest BCUT2D eigenvalue weighted by Crippen LogP contribution is -2.11. The van der Waals surface area contributed by atoms with E-state index in [1.165, 1.54) is 26.2 Å². The Morgan fingerprint density at radius 2 is 1.62 bits per heavy atom. The van der Waals surface area contributed by atoms with Gasteiger partial charge in [-0.1, -0.05) is 41.9 Å². The van der Waals surface area contributed by atoms with Crippen LogP contribution in [-0.4, -0.2) is 25.0 Å². The Kier molecular flexibility index (Phi) is 7.46. The third kappa shape index (κ3) is 5.86. The second-order valence-corrected chi connectivity index (χ2v) is 7.10. The zero-order valence-corrected chi connectivity index (χ0v) is 18.1. The molecule has 0 saturated heterocycles. The number of benzene rings is 3. The molecule has 1 amide bonds. The van der Waals surface area contributed by atoms with Crippen LogP contribution in [0.5, 0.6) is 11.5 Å². The summed E-state index contributed by atoms with van der Waals surface area (Å²) in [5.74, 6) is -0.778. The van der Waals surface area contributed by atoms with Gasteiger partial charge in [-0.2, -0.15) is 0 Å². The van der Waals surface area contributed by atoms with Crippen LogP contribution in [0.15, 0.2) is 66.7 Å². The first-order valence-corrected chi connectivity index (χ1v) is 9.93. The molecule has 0 aromatic heterocycles. The molecule has 3 aromatic carbocycles. The van der Waals surface area contributed by atoms with Crippen LogP contribution in [0.1, 0.15) is 33.2 Å². The number of amides is 1. The van der Waals surface area contributed by atoms with Crippen molar-refractivity contribution >= 4 is 35.1 Å². The number of carbonyl (C=O) groups excluding carboxylic acids is 3. The van der Waals surface area contributed by atoms with Gasteiger partial charge < -0.3 is 19.5 Å². The highest BCUT2D eigenvalue weighted by Crippen LogP contribution is 2.31. The second-order valence-electron chi connectivity index (χ2n) is 6.69. The normalized spacial score (nSPS) is 10.2. The average Bonchev–Trinajstić information content (AvgIpc) is 2.79. The van der Waals surface area contributed by atoms with Gasteiger partial charge >= 0.3 is 11.9 Å². The number of methoxy groups -OCH3 is 1. The third-order valence-corrected chi connectivity index (χ3v) is 4.65. The second kappa shape index (κ2) is 10.5. The molecule has 0 bridgehead atoms. The van der Waals surface area contributed by atoms with Crippen molar-refractivity contribution in [3.63, 3.8) is 0 Å². The van der Waals surface area contributed by atoms with Crippen molar-refractivity contribution in [1.29, 1.82) is 0 Å². The van der Waals surface area contributed by atoms with Gasteiger partial charge in [-0.3, -0.25) is 4.79 Å². The molecule has 164 valence electrons. The molecule has 0 spiro atoms. The quantitative estimate of drug-likeness (QED) is 0.405. The van der Waals surface area contributed by atoms with Gasteiger partial charge in [0.2, 0.25) is 5.91 Å². The van der Waals surface area contributed by atoms with Crippen molar-refractivity contribution in [2.45, 2.75) is 13.5 Å². The van der Waals surface area contributed by atoms with Gasteiger partial charge in [-0.25, -0.2) is 9.59 Å². The number of hydrogen-bond acceptors (Lipinski definition) is 6. The summed E-state index contributed by atoms with van der Waals surface area (Å²) < 4.78 is 15.9. The number of halogens is 1. The van der Waals surface area contributed by atoms with Crippen LogP contribution in [-0.2, 0) is 16.1 Å². The Morgan fingerprint density at radius 1 is 0.938 bits per heavy atom. The molecule has 3 rings (SSSR count). The first-order valence-electron chi connectivity index (χ1n) is 9.56. The van der Waals surface area contributed by atoms with Crippen LogP contribution in [0.3, 0.4) is 0 Å². The summed E-state index contributed by atoms with van der Waals surface area (Å²) in [7, 11) is 1.39.